The summed E-state index contributed by atoms with van der Waals surface area (Å²) in [7, 11) is 0. The Morgan fingerprint density at radius 2 is 2.13 bits per heavy atom. The smallest absolute Gasteiger partial charge is 0.408 e. The van der Waals surface area contributed by atoms with Crippen molar-refractivity contribution in [2.75, 3.05) is 13.1 Å². The Morgan fingerprint density at radius 3 is 2.74 bits per heavy atom. The number of hydrogen-bond acceptors (Lipinski definition) is 3. The molecule has 1 amide bonds. The van der Waals surface area contributed by atoms with Gasteiger partial charge in [0.1, 0.15) is 12.2 Å². The molecule has 1 atom stereocenters. The first-order valence-corrected chi connectivity index (χ1v) is 7.28. The van der Waals surface area contributed by atoms with Crippen LogP contribution in [0.25, 0.3) is 0 Å². The Morgan fingerprint density at radius 1 is 1.43 bits per heavy atom. The Balaban J connectivity index is 2.15. The predicted molar refractivity (Wildman–Crippen MR) is 73.9 cm³/mol. The number of nitrogens with zero attached hydrogens (tertiary/aromatic N) is 3. The molecule has 6 nitrogen and oxygen atoms in total. The van der Waals surface area contributed by atoms with Crippen molar-refractivity contribution in [2.24, 2.45) is 5.92 Å². The number of halogens is 3. The van der Waals surface area contributed by atoms with E-state index in [1.807, 2.05) is 0 Å². The molecule has 0 radical (unpaired) electrons. The highest BCUT2D eigenvalue weighted by atomic mass is 19.4. The molecule has 0 aromatic carbocycles. The van der Waals surface area contributed by atoms with Gasteiger partial charge in [0.25, 0.3) is 5.91 Å². The van der Waals surface area contributed by atoms with Crippen molar-refractivity contribution in [1.82, 2.24) is 14.7 Å². The molecular weight excluding hydrogens is 315 g/mol. The van der Waals surface area contributed by atoms with Gasteiger partial charge in [-0.05, 0) is 31.7 Å². The lowest BCUT2D eigenvalue weighted by Gasteiger charge is -2.32. The van der Waals surface area contributed by atoms with Crippen molar-refractivity contribution in [3.05, 3.63) is 17.5 Å². The first kappa shape index (κ1) is 17.3. The average Bonchev–Trinajstić information content (AvgIpc) is 2.76. The molecule has 1 saturated heterocycles. The molecule has 1 N–H and O–H groups in total. The SMILES string of the molecule is Cc1cc(C(=O)N2CCCC(CC(=O)O)C2)n(CC(F)(F)F)n1. The first-order valence-electron chi connectivity index (χ1n) is 7.28. The molecule has 2 rings (SSSR count). The van der Waals surface area contributed by atoms with E-state index >= 15 is 0 Å². The Bertz CT molecular complexity index is 598. The lowest BCUT2D eigenvalue weighted by atomic mass is 9.94. The van der Waals surface area contributed by atoms with Crippen LogP contribution < -0.4 is 0 Å². The zero-order chi connectivity index (χ0) is 17.2. The number of piperidine rings is 1. The van der Waals surface area contributed by atoms with E-state index in [0.29, 0.717) is 29.8 Å². The number of carbonyl (C=O) groups is 2. The largest absolute Gasteiger partial charge is 0.481 e. The second-order valence-electron chi connectivity index (χ2n) is 5.80. The highest BCUT2D eigenvalue weighted by Gasteiger charge is 2.33. The lowest BCUT2D eigenvalue weighted by molar-refractivity contribution is -0.143. The van der Waals surface area contributed by atoms with Crippen LogP contribution in [0.1, 0.15) is 35.4 Å². The van der Waals surface area contributed by atoms with E-state index in [1.54, 1.807) is 0 Å². The van der Waals surface area contributed by atoms with E-state index in [9.17, 15) is 22.8 Å². The molecule has 1 fully saturated rings. The molecule has 0 saturated carbocycles. The van der Waals surface area contributed by atoms with Crippen LogP contribution in [0.5, 0.6) is 0 Å². The Labute approximate surface area is 130 Å². The van der Waals surface area contributed by atoms with E-state index in [2.05, 4.69) is 5.10 Å². The summed E-state index contributed by atoms with van der Waals surface area (Å²) < 4.78 is 38.4. The van der Waals surface area contributed by atoms with Gasteiger partial charge in [-0.15, -0.1) is 0 Å². The minimum absolute atomic E-state index is 0.0510. The van der Waals surface area contributed by atoms with Crippen molar-refractivity contribution >= 4 is 11.9 Å². The van der Waals surface area contributed by atoms with Gasteiger partial charge in [-0.25, -0.2) is 0 Å². The van der Waals surface area contributed by atoms with E-state index < -0.39 is 24.6 Å². The predicted octanol–water partition coefficient (Wildman–Crippen LogP) is 2.08. The number of carboxylic acid groups (broad SMARTS) is 1. The summed E-state index contributed by atoms with van der Waals surface area (Å²) in [5, 5.41) is 12.6. The topological polar surface area (TPSA) is 75.4 Å². The number of carboxylic acids is 1. The fraction of sp³-hybridized carbons (Fsp3) is 0.643. The van der Waals surface area contributed by atoms with Crippen LogP contribution in [0.15, 0.2) is 6.07 Å². The van der Waals surface area contributed by atoms with Gasteiger partial charge in [-0.1, -0.05) is 0 Å². The van der Waals surface area contributed by atoms with Gasteiger partial charge in [-0.2, -0.15) is 18.3 Å². The minimum atomic E-state index is -4.47. The number of amides is 1. The molecule has 23 heavy (non-hydrogen) atoms. The minimum Gasteiger partial charge on any atom is -0.481 e. The second-order valence-corrected chi connectivity index (χ2v) is 5.80. The fourth-order valence-electron chi connectivity index (χ4n) is 2.83. The molecular formula is C14H18F3N3O3. The van der Waals surface area contributed by atoms with E-state index in [4.69, 9.17) is 5.11 Å². The third-order valence-corrected chi connectivity index (χ3v) is 3.72. The van der Waals surface area contributed by atoms with Gasteiger partial charge in [0.2, 0.25) is 0 Å². The molecule has 1 aromatic heterocycles. The van der Waals surface area contributed by atoms with Crippen molar-refractivity contribution < 1.29 is 27.9 Å². The van der Waals surface area contributed by atoms with Gasteiger partial charge in [-0.3, -0.25) is 14.3 Å². The zero-order valence-electron chi connectivity index (χ0n) is 12.6. The summed E-state index contributed by atoms with van der Waals surface area (Å²) in [6, 6.07) is 1.33. The van der Waals surface area contributed by atoms with Gasteiger partial charge in [0, 0.05) is 19.5 Å². The van der Waals surface area contributed by atoms with Crippen LogP contribution in [0.4, 0.5) is 13.2 Å². The lowest BCUT2D eigenvalue weighted by Crippen LogP contribution is -2.41. The van der Waals surface area contributed by atoms with Crippen molar-refractivity contribution in [1.29, 1.82) is 0 Å². The van der Waals surface area contributed by atoms with Crippen LogP contribution in [0.3, 0.4) is 0 Å². The van der Waals surface area contributed by atoms with Crippen LogP contribution in [-0.4, -0.2) is 50.9 Å². The molecule has 2 heterocycles. The number of aliphatic carboxylic acids is 1. The molecule has 128 valence electrons. The maximum Gasteiger partial charge on any atom is 0.408 e. The Kier molecular flexibility index (Phi) is 4.96. The summed E-state index contributed by atoms with van der Waals surface area (Å²) in [5.41, 5.74) is 0.215. The number of hydrogen-bond donors (Lipinski definition) is 1. The Hall–Kier alpha value is -2.06. The third-order valence-electron chi connectivity index (χ3n) is 3.72. The van der Waals surface area contributed by atoms with Crippen molar-refractivity contribution in [3.63, 3.8) is 0 Å². The second kappa shape index (κ2) is 6.59. The number of carbonyl (C=O) groups excluding carboxylic acids is 1. The normalized spacial score (nSPS) is 19.0. The van der Waals surface area contributed by atoms with E-state index in [0.717, 1.165) is 0 Å². The first-order chi connectivity index (χ1) is 10.7. The number of likely N-dealkylation sites (tertiary alicyclic amines) is 1. The summed E-state index contributed by atoms with van der Waals surface area (Å²) in [6.07, 6.45) is -3.20. The summed E-state index contributed by atoms with van der Waals surface area (Å²) in [4.78, 5) is 24.7. The zero-order valence-corrected chi connectivity index (χ0v) is 12.6. The third kappa shape index (κ3) is 4.70. The molecule has 0 aliphatic carbocycles. The van der Waals surface area contributed by atoms with Crippen LogP contribution in [0.2, 0.25) is 0 Å². The highest BCUT2D eigenvalue weighted by Crippen LogP contribution is 2.23. The molecule has 1 unspecified atom stereocenters. The quantitative estimate of drug-likeness (QED) is 0.915. The van der Waals surface area contributed by atoms with Crippen LogP contribution >= 0.6 is 0 Å². The van der Waals surface area contributed by atoms with E-state index in [-0.39, 0.29) is 24.6 Å². The molecule has 1 aliphatic heterocycles. The molecule has 0 bridgehead atoms. The number of aryl methyl sites for hydroxylation is 1. The number of alkyl halides is 3. The van der Waals surface area contributed by atoms with Crippen molar-refractivity contribution in [2.45, 2.75) is 38.9 Å². The maximum absolute atomic E-state index is 12.6. The van der Waals surface area contributed by atoms with Gasteiger partial charge in [0.15, 0.2) is 0 Å². The molecule has 9 heteroatoms. The average molecular weight is 333 g/mol. The van der Waals surface area contributed by atoms with Crippen molar-refractivity contribution in [3.8, 4) is 0 Å². The molecule has 0 spiro atoms. The number of aromatic nitrogens is 2. The summed E-state index contributed by atoms with van der Waals surface area (Å²) in [6.45, 7) is 0.841. The standard InChI is InChI=1S/C14H18F3N3O3/c1-9-5-11(20(18-9)8-14(15,16)17)13(23)19-4-2-3-10(7-19)6-12(21)22/h5,10H,2-4,6-8H2,1H3,(H,21,22). The molecule has 1 aromatic rings. The summed E-state index contributed by atoms with van der Waals surface area (Å²) in [5.74, 6) is -1.66. The highest BCUT2D eigenvalue weighted by molar-refractivity contribution is 5.92. The van der Waals surface area contributed by atoms with Gasteiger partial charge >= 0.3 is 12.1 Å². The monoisotopic (exact) mass is 333 g/mol. The number of rotatable bonds is 4. The molecule has 1 aliphatic rings. The van der Waals surface area contributed by atoms with E-state index in [1.165, 1.54) is 17.9 Å². The van der Waals surface area contributed by atoms with Crippen LogP contribution in [0, 0.1) is 12.8 Å². The summed E-state index contributed by atoms with van der Waals surface area (Å²) >= 11 is 0. The van der Waals surface area contributed by atoms with Gasteiger partial charge in [0.05, 0.1) is 5.69 Å². The van der Waals surface area contributed by atoms with Crippen LogP contribution in [-0.2, 0) is 11.3 Å². The van der Waals surface area contributed by atoms with Gasteiger partial charge < -0.3 is 10.0 Å². The fourth-order valence-corrected chi connectivity index (χ4v) is 2.83. The maximum atomic E-state index is 12.6.